The summed E-state index contributed by atoms with van der Waals surface area (Å²) in [7, 11) is 0. The lowest BCUT2D eigenvalue weighted by Gasteiger charge is -2.12. The molecule has 6 heteroatoms. The minimum atomic E-state index is -0.226. The van der Waals surface area contributed by atoms with Gasteiger partial charge in [-0.1, -0.05) is 45.7 Å². The number of anilines is 2. The third-order valence-electron chi connectivity index (χ3n) is 4.36. The molecule has 3 aromatic rings. The van der Waals surface area contributed by atoms with E-state index >= 15 is 0 Å². The minimum absolute atomic E-state index is 0.108. The second-order valence-electron chi connectivity index (χ2n) is 6.78. The summed E-state index contributed by atoms with van der Waals surface area (Å²) in [5.41, 5.74) is 4.92. The number of rotatable bonds is 7. The maximum Gasteiger partial charge on any atom is 0.262 e. The molecule has 0 atom stereocenters. The summed E-state index contributed by atoms with van der Waals surface area (Å²) >= 11 is 9.75. The molecule has 3 rings (SSSR count). The molecule has 3 aromatic carbocycles. The second-order valence-corrected chi connectivity index (χ2v) is 8.10. The lowest BCUT2D eigenvalue weighted by Crippen LogP contribution is -2.20. The number of hydrogen-bond donors (Lipinski definition) is 2. The number of carbonyl (C=O) groups is 1. The van der Waals surface area contributed by atoms with Gasteiger partial charge in [-0.15, -0.1) is 0 Å². The van der Waals surface area contributed by atoms with Gasteiger partial charge in [-0.2, -0.15) is 0 Å². The summed E-state index contributed by atoms with van der Waals surface area (Å²) in [6, 6.07) is 19.4. The molecule has 0 unspecified atom stereocenters. The first-order chi connectivity index (χ1) is 13.9. The number of halogens is 2. The SMILES string of the molecule is Cc1ccc(C)c(NC(=O)COc2ccc(CNc3ccc(Br)cc3)cc2Cl)c1. The fraction of sp³-hybridized carbons (Fsp3) is 0.174. The van der Waals surface area contributed by atoms with Crippen LogP contribution in [0.25, 0.3) is 0 Å². The lowest BCUT2D eigenvalue weighted by atomic mass is 10.1. The zero-order chi connectivity index (χ0) is 20.8. The Morgan fingerprint density at radius 3 is 2.52 bits per heavy atom. The van der Waals surface area contributed by atoms with Crippen LogP contribution in [0.4, 0.5) is 11.4 Å². The lowest BCUT2D eigenvalue weighted by molar-refractivity contribution is -0.118. The van der Waals surface area contributed by atoms with Crippen LogP contribution in [0.15, 0.2) is 65.1 Å². The number of carbonyl (C=O) groups excluding carboxylic acids is 1. The van der Waals surface area contributed by atoms with Gasteiger partial charge in [0.05, 0.1) is 5.02 Å². The zero-order valence-electron chi connectivity index (χ0n) is 16.3. The highest BCUT2D eigenvalue weighted by atomic mass is 79.9. The van der Waals surface area contributed by atoms with Crippen LogP contribution in [-0.4, -0.2) is 12.5 Å². The van der Waals surface area contributed by atoms with Gasteiger partial charge < -0.3 is 15.4 Å². The Morgan fingerprint density at radius 2 is 1.79 bits per heavy atom. The molecule has 0 spiro atoms. The molecule has 0 heterocycles. The molecule has 0 aromatic heterocycles. The van der Waals surface area contributed by atoms with E-state index in [1.807, 2.05) is 68.4 Å². The molecule has 0 aliphatic rings. The van der Waals surface area contributed by atoms with Crippen LogP contribution in [0, 0.1) is 13.8 Å². The molecule has 0 radical (unpaired) electrons. The standard InChI is InChI=1S/C23H22BrClN2O2/c1-15-3-4-16(2)21(11-15)27-23(28)14-29-22-10-5-17(12-20(22)25)13-26-19-8-6-18(24)7-9-19/h3-12,26H,13-14H2,1-2H3,(H,27,28). The maximum absolute atomic E-state index is 12.2. The van der Waals surface area contributed by atoms with Crippen LogP contribution in [-0.2, 0) is 11.3 Å². The number of ether oxygens (including phenoxy) is 1. The van der Waals surface area contributed by atoms with Crippen LogP contribution in [0.1, 0.15) is 16.7 Å². The van der Waals surface area contributed by atoms with Gasteiger partial charge in [0.2, 0.25) is 0 Å². The quantitative estimate of drug-likeness (QED) is 0.420. The Bertz CT molecular complexity index is 1010. The molecule has 2 N–H and O–H groups in total. The van der Waals surface area contributed by atoms with Gasteiger partial charge in [0.15, 0.2) is 6.61 Å². The van der Waals surface area contributed by atoms with Gasteiger partial charge in [0.25, 0.3) is 5.91 Å². The van der Waals surface area contributed by atoms with Crippen LogP contribution in [0.3, 0.4) is 0 Å². The van der Waals surface area contributed by atoms with E-state index in [0.29, 0.717) is 17.3 Å². The van der Waals surface area contributed by atoms with Gasteiger partial charge in [-0.25, -0.2) is 0 Å². The first-order valence-electron chi connectivity index (χ1n) is 9.18. The normalized spacial score (nSPS) is 10.5. The van der Waals surface area contributed by atoms with E-state index in [-0.39, 0.29) is 12.5 Å². The average Bonchev–Trinajstić information content (AvgIpc) is 2.69. The highest BCUT2D eigenvalue weighted by Gasteiger charge is 2.09. The van der Waals surface area contributed by atoms with Crippen molar-refractivity contribution in [2.24, 2.45) is 0 Å². The van der Waals surface area contributed by atoms with Crippen molar-refractivity contribution in [2.75, 3.05) is 17.2 Å². The van der Waals surface area contributed by atoms with Gasteiger partial charge >= 0.3 is 0 Å². The number of amides is 1. The Kier molecular flexibility index (Phi) is 7.18. The zero-order valence-corrected chi connectivity index (χ0v) is 18.6. The molecule has 29 heavy (non-hydrogen) atoms. The summed E-state index contributed by atoms with van der Waals surface area (Å²) in [5.74, 6) is 0.255. The van der Waals surface area contributed by atoms with E-state index in [2.05, 4.69) is 26.6 Å². The minimum Gasteiger partial charge on any atom is -0.482 e. The van der Waals surface area contributed by atoms with E-state index in [1.54, 1.807) is 6.07 Å². The van der Waals surface area contributed by atoms with Crippen molar-refractivity contribution in [3.8, 4) is 5.75 Å². The topological polar surface area (TPSA) is 50.4 Å². The Labute approximate surface area is 184 Å². The van der Waals surface area contributed by atoms with Gasteiger partial charge in [-0.3, -0.25) is 4.79 Å². The van der Waals surface area contributed by atoms with E-state index in [4.69, 9.17) is 16.3 Å². The second kappa shape index (κ2) is 9.81. The van der Waals surface area contributed by atoms with E-state index < -0.39 is 0 Å². The summed E-state index contributed by atoms with van der Waals surface area (Å²) in [6.45, 7) is 4.46. The van der Waals surface area contributed by atoms with Crippen molar-refractivity contribution in [1.29, 1.82) is 0 Å². The fourth-order valence-corrected chi connectivity index (χ4v) is 3.27. The van der Waals surface area contributed by atoms with Crippen LogP contribution < -0.4 is 15.4 Å². The summed E-state index contributed by atoms with van der Waals surface area (Å²) in [6.07, 6.45) is 0. The molecular formula is C23H22BrClN2O2. The van der Waals surface area contributed by atoms with Gasteiger partial charge in [0.1, 0.15) is 5.75 Å². The van der Waals surface area contributed by atoms with Gasteiger partial charge in [0, 0.05) is 22.4 Å². The van der Waals surface area contributed by atoms with E-state index in [9.17, 15) is 4.79 Å². The third kappa shape index (κ3) is 6.24. The number of hydrogen-bond acceptors (Lipinski definition) is 3. The molecule has 0 saturated carbocycles. The first kappa shape index (κ1) is 21.2. The van der Waals surface area contributed by atoms with Crippen molar-refractivity contribution >= 4 is 44.8 Å². The predicted molar refractivity (Wildman–Crippen MR) is 123 cm³/mol. The molecule has 1 amide bonds. The number of aryl methyl sites for hydroxylation is 2. The third-order valence-corrected chi connectivity index (χ3v) is 5.19. The monoisotopic (exact) mass is 472 g/mol. The predicted octanol–water partition coefficient (Wildman–Crippen LogP) is 6.35. The van der Waals surface area contributed by atoms with Crippen LogP contribution in [0.2, 0.25) is 5.02 Å². The largest absolute Gasteiger partial charge is 0.482 e. The fourth-order valence-electron chi connectivity index (χ4n) is 2.74. The van der Waals surface area contributed by atoms with Gasteiger partial charge in [-0.05, 0) is 73.0 Å². The van der Waals surface area contributed by atoms with Crippen LogP contribution >= 0.6 is 27.5 Å². The van der Waals surface area contributed by atoms with Crippen molar-refractivity contribution in [1.82, 2.24) is 0 Å². The Balaban J connectivity index is 1.54. The summed E-state index contributed by atoms with van der Waals surface area (Å²) in [4.78, 5) is 12.2. The average molecular weight is 474 g/mol. The molecule has 150 valence electrons. The highest BCUT2D eigenvalue weighted by molar-refractivity contribution is 9.10. The Morgan fingerprint density at radius 1 is 1.03 bits per heavy atom. The smallest absolute Gasteiger partial charge is 0.262 e. The summed E-state index contributed by atoms with van der Waals surface area (Å²) < 4.78 is 6.64. The molecule has 0 bridgehead atoms. The van der Waals surface area contributed by atoms with E-state index in [1.165, 1.54) is 0 Å². The summed E-state index contributed by atoms with van der Waals surface area (Å²) in [5, 5.41) is 6.68. The van der Waals surface area contributed by atoms with Crippen molar-refractivity contribution in [2.45, 2.75) is 20.4 Å². The molecule has 0 saturated heterocycles. The Hall–Kier alpha value is -2.50. The molecule has 4 nitrogen and oxygen atoms in total. The highest BCUT2D eigenvalue weighted by Crippen LogP contribution is 2.26. The molecular weight excluding hydrogens is 452 g/mol. The van der Waals surface area contributed by atoms with E-state index in [0.717, 1.165) is 32.5 Å². The molecule has 0 aliphatic heterocycles. The van der Waals surface area contributed by atoms with Crippen LogP contribution in [0.5, 0.6) is 5.75 Å². The number of nitrogens with one attached hydrogen (secondary N) is 2. The molecule has 0 fully saturated rings. The maximum atomic E-state index is 12.2. The van der Waals surface area contributed by atoms with Crippen molar-refractivity contribution in [3.63, 3.8) is 0 Å². The number of benzene rings is 3. The van der Waals surface area contributed by atoms with Crippen molar-refractivity contribution < 1.29 is 9.53 Å². The molecule has 0 aliphatic carbocycles. The first-order valence-corrected chi connectivity index (χ1v) is 10.4. The van der Waals surface area contributed by atoms with Crippen molar-refractivity contribution in [3.05, 3.63) is 86.8 Å².